The molecule has 76 valence electrons. The smallest absolute Gasteiger partial charge is 0.387 e. The van der Waals surface area contributed by atoms with Crippen molar-refractivity contribution in [3.8, 4) is 5.75 Å². The van der Waals surface area contributed by atoms with Crippen molar-refractivity contribution in [2.24, 2.45) is 0 Å². The number of allylic oxidation sites excluding steroid dienone is 1. The van der Waals surface area contributed by atoms with Gasteiger partial charge in [0.2, 0.25) is 0 Å². The molecule has 0 atom stereocenters. The van der Waals surface area contributed by atoms with E-state index in [1.807, 2.05) is 0 Å². The van der Waals surface area contributed by atoms with E-state index in [0.717, 1.165) is 0 Å². The highest BCUT2D eigenvalue weighted by molar-refractivity contribution is 5.48. The molecule has 0 aliphatic heterocycles. The number of anilines is 1. The average molecular weight is 199 g/mol. The Morgan fingerprint density at radius 3 is 2.79 bits per heavy atom. The SMILES string of the molecule is C=CCc1cc(N)ccc1OC(F)F. The minimum Gasteiger partial charge on any atom is -0.435 e. The van der Waals surface area contributed by atoms with Crippen molar-refractivity contribution in [3.63, 3.8) is 0 Å². The van der Waals surface area contributed by atoms with Gasteiger partial charge in [0, 0.05) is 11.3 Å². The lowest BCUT2D eigenvalue weighted by molar-refractivity contribution is -0.0503. The number of alkyl halides is 2. The van der Waals surface area contributed by atoms with E-state index in [1.54, 1.807) is 12.1 Å². The predicted molar refractivity (Wildman–Crippen MR) is 51.4 cm³/mol. The van der Waals surface area contributed by atoms with Gasteiger partial charge in [-0.2, -0.15) is 8.78 Å². The van der Waals surface area contributed by atoms with E-state index >= 15 is 0 Å². The normalized spacial score (nSPS) is 10.2. The number of ether oxygens (including phenoxy) is 1. The zero-order valence-electron chi connectivity index (χ0n) is 7.54. The van der Waals surface area contributed by atoms with Gasteiger partial charge in [-0.3, -0.25) is 0 Å². The fourth-order valence-corrected chi connectivity index (χ4v) is 1.13. The zero-order chi connectivity index (χ0) is 10.6. The quantitative estimate of drug-likeness (QED) is 0.597. The molecule has 0 aliphatic carbocycles. The van der Waals surface area contributed by atoms with Crippen LogP contribution in [-0.4, -0.2) is 6.61 Å². The van der Waals surface area contributed by atoms with E-state index in [4.69, 9.17) is 5.73 Å². The molecule has 0 aromatic heterocycles. The Bertz CT molecular complexity index is 326. The second-order valence-electron chi connectivity index (χ2n) is 2.74. The summed E-state index contributed by atoms with van der Waals surface area (Å²) in [6.07, 6.45) is 2.06. The Morgan fingerprint density at radius 2 is 2.21 bits per heavy atom. The lowest BCUT2D eigenvalue weighted by Crippen LogP contribution is -2.04. The minimum atomic E-state index is -2.82. The second kappa shape index (κ2) is 4.60. The second-order valence-corrected chi connectivity index (χ2v) is 2.74. The van der Waals surface area contributed by atoms with Gasteiger partial charge in [-0.05, 0) is 24.6 Å². The molecule has 1 aromatic carbocycles. The first-order valence-electron chi connectivity index (χ1n) is 4.07. The number of benzene rings is 1. The molecule has 2 nitrogen and oxygen atoms in total. The summed E-state index contributed by atoms with van der Waals surface area (Å²) >= 11 is 0. The summed E-state index contributed by atoms with van der Waals surface area (Å²) in [6.45, 7) is 0.705. The topological polar surface area (TPSA) is 35.2 Å². The van der Waals surface area contributed by atoms with Gasteiger partial charge in [-0.1, -0.05) is 6.08 Å². The number of rotatable bonds is 4. The van der Waals surface area contributed by atoms with Gasteiger partial charge in [0.25, 0.3) is 0 Å². The maximum atomic E-state index is 12.0. The fourth-order valence-electron chi connectivity index (χ4n) is 1.13. The van der Waals surface area contributed by atoms with Gasteiger partial charge >= 0.3 is 6.61 Å². The van der Waals surface area contributed by atoms with Crippen LogP contribution in [0.5, 0.6) is 5.75 Å². The van der Waals surface area contributed by atoms with E-state index in [2.05, 4.69) is 11.3 Å². The molecule has 0 fully saturated rings. The first kappa shape index (κ1) is 10.5. The van der Waals surface area contributed by atoms with E-state index in [-0.39, 0.29) is 5.75 Å². The Labute approximate surface area is 81.0 Å². The highest BCUT2D eigenvalue weighted by Crippen LogP contribution is 2.23. The molecule has 0 radical (unpaired) electrons. The van der Waals surface area contributed by atoms with Gasteiger partial charge in [0.15, 0.2) is 0 Å². The van der Waals surface area contributed by atoms with Gasteiger partial charge in [-0.15, -0.1) is 6.58 Å². The average Bonchev–Trinajstić information content (AvgIpc) is 2.09. The van der Waals surface area contributed by atoms with Crippen molar-refractivity contribution < 1.29 is 13.5 Å². The van der Waals surface area contributed by atoms with Crippen molar-refractivity contribution in [2.75, 3.05) is 5.73 Å². The molecule has 4 heteroatoms. The Hall–Kier alpha value is -1.58. The number of halogens is 2. The maximum absolute atomic E-state index is 12.0. The van der Waals surface area contributed by atoms with Crippen LogP contribution in [0.2, 0.25) is 0 Å². The summed E-state index contributed by atoms with van der Waals surface area (Å²) in [5, 5.41) is 0. The van der Waals surface area contributed by atoms with Crippen LogP contribution >= 0.6 is 0 Å². The fraction of sp³-hybridized carbons (Fsp3) is 0.200. The molecule has 0 saturated carbocycles. The minimum absolute atomic E-state index is 0.147. The number of nitrogens with two attached hydrogens (primary N) is 1. The Kier molecular flexibility index (Phi) is 3.45. The third kappa shape index (κ3) is 2.73. The Morgan fingerprint density at radius 1 is 1.50 bits per heavy atom. The van der Waals surface area contributed by atoms with Crippen LogP contribution in [0, 0.1) is 0 Å². The van der Waals surface area contributed by atoms with Crippen LogP contribution in [0.15, 0.2) is 30.9 Å². The van der Waals surface area contributed by atoms with E-state index < -0.39 is 6.61 Å². The molecule has 2 N–H and O–H groups in total. The lowest BCUT2D eigenvalue weighted by Gasteiger charge is -2.09. The Balaban J connectivity index is 2.95. The number of hydrogen-bond acceptors (Lipinski definition) is 2. The summed E-state index contributed by atoms with van der Waals surface area (Å²) in [5.74, 6) is 0.147. The summed E-state index contributed by atoms with van der Waals surface area (Å²) in [5.41, 5.74) is 6.64. The predicted octanol–water partition coefficient (Wildman–Crippen LogP) is 2.60. The number of hydrogen-bond donors (Lipinski definition) is 1. The van der Waals surface area contributed by atoms with E-state index in [0.29, 0.717) is 17.7 Å². The molecule has 0 spiro atoms. The third-order valence-electron chi connectivity index (χ3n) is 1.66. The van der Waals surface area contributed by atoms with Crippen LogP contribution in [0.25, 0.3) is 0 Å². The maximum Gasteiger partial charge on any atom is 0.387 e. The standard InChI is InChI=1S/C10H11F2NO/c1-2-3-7-6-8(13)4-5-9(7)14-10(11)12/h2,4-6,10H,1,3,13H2. The van der Waals surface area contributed by atoms with Crippen LogP contribution in [0.3, 0.4) is 0 Å². The molecule has 0 heterocycles. The summed E-state index contributed by atoms with van der Waals surface area (Å²) < 4.78 is 28.2. The largest absolute Gasteiger partial charge is 0.435 e. The number of nitrogen functional groups attached to an aromatic ring is 1. The summed E-state index contributed by atoms with van der Waals surface area (Å²) in [6, 6.07) is 4.55. The molecular weight excluding hydrogens is 188 g/mol. The van der Waals surface area contributed by atoms with Gasteiger partial charge in [-0.25, -0.2) is 0 Å². The van der Waals surface area contributed by atoms with Crippen molar-refractivity contribution >= 4 is 5.69 Å². The lowest BCUT2D eigenvalue weighted by atomic mass is 10.1. The molecule has 1 rings (SSSR count). The summed E-state index contributed by atoms with van der Waals surface area (Å²) in [4.78, 5) is 0. The van der Waals surface area contributed by atoms with Gasteiger partial charge in [0.1, 0.15) is 5.75 Å². The molecular formula is C10H11F2NO. The molecule has 0 amide bonds. The first-order valence-corrected chi connectivity index (χ1v) is 4.07. The van der Waals surface area contributed by atoms with Crippen LogP contribution in [-0.2, 0) is 6.42 Å². The van der Waals surface area contributed by atoms with Crippen molar-refractivity contribution in [2.45, 2.75) is 13.0 Å². The van der Waals surface area contributed by atoms with Crippen LogP contribution in [0.1, 0.15) is 5.56 Å². The van der Waals surface area contributed by atoms with Crippen LogP contribution < -0.4 is 10.5 Å². The first-order chi connectivity index (χ1) is 6.63. The van der Waals surface area contributed by atoms with Gasteiger partial charge in [0.05, 0.1) is 0 Å². The van der Waals surface area contributed by atoms with E-state index in [9.17, 15) is 8.78 Å². The molecule has 0 saturated heterocycles. The molecule has 1 aromatic rings. The van der Waals surface area contributed by atoms with Crippen molar-refractivity contribution in [1.82, 2.24) is 0 Å². The molecule has 0 aliphatic rings. The van der Waals surface area contributed by atoms with Crippen molar-refractivity contribution in [3.05, 3.63) is 36.4 Å². The zero-order valence-corrected chi connectivity index (χ0v) is 7.54. The third-order valence-corrected chi connectivity index (χ3v) is 1.66. The van der Waals surface area contributed by atoms with Gasteiger partial charge < -0.3 is 10.5 Å². The highest BCUT2D eigenvalue weighted by Gasteiger charge is 2.08. The molecule has 0 unspecified atom stereocenters. The van der Waals surface area contributed by atoms with Crippen molar-refractivity contribution in [1.29, 1.82) is 0 Å². The summed E-state index contributed by atoms with van der Waals surface area (Å²) in [7, 11) is 0. The van der Waals surface area contributed by atoms with E-state index in [1.165, 1.54) is 12.1 Å². The molecule has 0 bridgehead atoms. The molecule has 14 heavy (non-hydrogen) atoms. The highest BCUT2D eigenvalue weighted by atomic mass is 19.3. The monoisotopic (exact) mass is 199 g/mol. The van der Waals surface area contributed by atoms with Crippen LogP contribution in [0.4, 0.5) is 14.5 Å².